The number of hydrogen-bond donors (Lipinski definition) is 2. The lowest BCUT2D eigenvalue weighted by Gasteiger charge is -2.39. The van der Waals surface area contributed by atoms with Crippen LogP contribution in [0, 0.1) is 16.7 Å². The molecule has 142 valence electrons. The first-order chi connectivity index (χ1) is 12.1. The summed E-state index contributed by atoms with van der Waals surface area (Å²) >= 11 is 0. The molecule has 3 saturated carbocycles. The molecule has 3 aliphatic rings. The number of carbonyl (C=O) groups is 1. The largest absolute Gasteiger partial charge is 0.349 e. The molecule has 3 fully saturated rings. The molecule has 0 saturated heterocycles. The summed E-state index contributed by atoms with van der Waals surface area (Å²) < 4.78 is 27.5. The third-order valence-electron chi connectivity index (χ3n) is 7.41. The van der Waals surface area contributed by atoms with Crippen molar-refractivity contribution < 1.29 is 13.2 Å². The van der Waals surface area contributed by atoms with Crippen LogP contribution in [0.25, 0.3) is 0 Å². The molecule has 4 rings (SSSR count). The maximum absolute atomic E-state index is 12.8. The van der Waals surface area contributed by atoms with E-state index >= 15 is 0 Å². The molecule has 26 heavy (non-hydrogen) atoms. The molecular weight excluding hydrogens is 348 g/mol. The molecule has 2 bridgehead atoms. The number of fused-ring (bicyclic) bond motifs is 2. The van der Waals surface area contributed by atoms with Crippen molar-refractivity contribution in [3.63, 3.8) is 0 Å². The molecule has 3 unspecified atom stereocenters. The van der Waals surface area contributed by atoms with Gasteiger partial charge in [0, 0.05) is 17.6 Å². The second-order valence-electron chi connectivity index (χ2n) is 9.06. The normalized spacial score (nSPS) is 32.6. The van der Waals surface area contributed by atoms with Gasteiger partial charge in [-0.3, -0.25) is 4.79 Å². The van der Waals surface area contributed by atoms with Crippen LogP contribution >= 0.6 is 0 Å². The van der Waals surface area contributed by atoms with Crippen LogP contribution in [-0.2, 0) is 10.0 Å². The van der Waals surface area contributed by atoms with Crippen molar-refractivity contribution in [2.75, 3.05) is 0 Å². The van der Waals surface area contributed by atoms with Crippen LogP contribution in [-0.4, -0.2) is 26.4 Å². The van der Waals surface area contributed by atoms with E-state index in [9.17, 15) is 13.2 Å². The zero-order chi connectivity index (χ0) is 18.7. The van der Waals surface area contributed by atoms with Crippen LogP contribution in [0.15, 0.2) is 29.2 Å². The lowest BCUT2D eigenvalue weighted by molar-refractivity contribution is 0.0826. The molecule has 0 spiro atoms. The van der Waals surface area contributed by atoms with Gasteiger partial charge in [0.1, 0.15) is 0 Å². The first kappa shape index (κ1) is 18.0. The van der Waals surface area contributed by atoms with E-state index in [1.165, 1.54) is 12.5 Å². The van der Waals surface area contributed by atoms with E-state index in [1.807, 2.05) is 0 Å². The van der Waals surface area contributed by atoms with Crippen molar-refractivity contribution in [3.8, 4) is 0 Å². The minimum Gasteiger partial charge on any atom is -0.349 e. The molecule has 3 atom stereocenters. The Bertz CT molecular complexity index is 844. The summed E-state index contributed by atoms with van der Waals surface area (Å²) in [7, 11) is -3.55. The van der Waals surface area contributed by atoms with Gasteiger partial charge in [-0.15, -0.1) is 0 Å². The van der Waals surface area contributed by atoms with Gasteiger partial charge in [-0.25, -0.2) is 13.1 Å². The molecule has 1 aromatic carbocycles. The van der Waals surface area contributed by atoms with E-state index < -0.39 is 10.0 Å². The molecule has 0 radical (unpaired) electrons. The van der Waals surface area contributed by atoms with Gasteiger partial charge in [0.05, 0.1) is 4.90 Å². The third-order valence-corrected chi connectivity index (χ3v) is 8.92. The van der Waals surface area contributed by atoms with Gasteiger partial charge < -0.3 is 5.32 Å². The Morgan fingerprint density at radius 3 is 2.46 bits per heavy atom. The molecule has 1 amide bonds. The molecule has 0 heterocycles. The van der Waals surface area contributed by atoms with Gasteiger partial charge in [0.15, 0.2) is 0 Å². The molecule has 6 heteroatoms. The summed E-state index contributed by atoms with van der Waals surface area (Å²) in [5.74, 6) is 0.468. The highest BCUT2D eigenvalue weighted by Gasteiger charge is 2.61. The lowest BCUT2D eigenvalue weighted by atomic mass is 9.69. The summed E-state index contributed by atoms with van der Waals surface area (Å²) in [4.78, 5) is 13.0. The molecule has 5 nitrogen and oxygen atoms in total. The van der Waals surface area contributed by atoms with Crippen molar-refractivity contribution in [2.24, 2.45) is 16.7 Å². The fourth-order valence-corrected chi connectivity index (χ4v) is 6.31. The first-order valence-corrected chi connectivity index (χ1v) is 11.0. The highest BCUT2D eigenvalue weighted by molar-refractivity contribution is 7.89. The number of rotatable bonds is 5. The summed E-state index contributed by atoms with van der Waals surface area (Å²) in [6, 6.07) is 6.56. The van der Waals surface area contributed by atoms with E-state index in [2.05, 4.69) is 30.8 Å². The predicted octanol–water partition coefficient (Wildman–Crippen LogP) is 3.07. The second-order valence-corrected chi connectivity index (χ2v) is 10.8. The summed E-state index contributed by atoms with van der Waals surface area (Å²) in [6.45, 7) is 6.91. The summed E-state index contributed by atoms with van der Waals surface area (Å²) in [6.07, 6.45) is 5.15. The lowest BCUT2D eigenvalue weighted by Crippen LogP contribution is -2.46. The van der Waals surface area contributed by atoms with Crippen LogP contribution in [0.1, 0.15) is 63.2 Å². The quantitative estimate of drug-likeness (QED) is 0.829. The Balaban J connectivity index is 1.52. The van der Waals surface area contributed by atoms with E-state index in [0.717, 1.165) is 25.7 Å². The number of amides is 1. The zero-order valence-electron chi connectivity index (χ0n) is 15.7. The van der Waals surface area contributed by atoms with Gasteiger partial charge in [-0.1, -0.05) is 26.8 Å². The predicted molar refractivity (Wildman–Crippen MR) is 100 cm³/mol. The summed E-state index contributed by atoms with van der Waals surface area (Å²) in [5, 5.41) is 3.20. The van der Waals surface area contributed by atoms with Crippen LogP contribution in [0.3, 0.4) is 0 Å². The molecule has 2 N–H and O–H groups in total. The van der Waals surface area contributed by atoms with E-state index in [4.69, 9.17) is 0 Å². The molecule has 0 aromatic heterocycles. The van der Waals surface area contributed by atoms with Crippen LogP contribution < -0.4 is 10.0 Å². The van der Waals surface area contributed by atoms with Crippen LogP contribution in [0.2, 0.25) is 0 Å². The highest BCUT2D eigenvalue weighted by Crippen LogP contribution is 2.65. The minimum atomic E-state index is -3.55. The average molecular weight is 377 g/mol. The Hall–Kier alpha value is -1.40. The molecular formula is C20H28N2O3S. The number of carbonyl (C=O) groups excluding carboxylic acids is 1. The topological polar surface area (TPSA) is 75.3 Å². The third kappa shape index (κ3) is 2.78. The number of hydrogen-bond acceptors (Lipinski definition) is 3. The highest BCUT2D eigenvalue weighted by atomic mass is 32.2. The van der Waals surface area contributed by atoms with Gasteiger partial charge in [-0.05, 0) is 67.1 Å². The Kier molecular flexibility index (Phi) is 4.01. The van der Waals surface area contributed by atoms with E-state index in [0.29, 0.717) is 11.5 Å². The maximum atomic E-state index is 12.8. The van der Waals surface area contributed by atoms with Crippen molar-refractivity contribution in [1.29, 1.82) is 0 Å². The first-order valence-electron chi connectivity index (χ1n) is 9.57. The monoisotopic (exact) mass is 376 g/mol. The zero-order valence-corrected chi connectivity index (χ0v) is 16.5. The molecule has 3 aliphatic carbocycles. The number of sulfonamides is 1. The maximum Gasteiger partial charge on any atom is 0.251 e. The summed E-state index contributed by atoms with van der Waals surface area (Å²) in [5.41, 5.74) is 0.738. The Morgan fingerprint density at radius 2 is 1.88 bits per heavy atom. The Morgan fingerprint density at radius 1 is 1.15 bits per heavy atom. The number of benzene rings is 1. The van der Waals surface area contributed by atoms with Crippen molar-refractivity contribution in [2.45, 2.75) is 69.9 Å². The standard InChI is InChI=1S/C20H28N2O3S/c1-19(2)14-9-10-20(19,3)17(12-14)21-18(23)13-5-4-6-16(11-13)26(24,25)22-15-7-8-15/h4-6,11,14-15,17,22H,7-10,12H2,1-3H3,(H,21,23). The van der Waals surface area contributed by atoms with Crippen molar-refractivity contribution >= 4 is 15.9 Å². The fourth-order valence-electron chi connectivity index (χ4n) is 4.96. The van der Waals surface area contributed by atoms with Gasteiger partial charge in [-0.2, -0.15) is 0 Å². The number of nitrogens with one attached hydrogen (secondary N) is 2. The van der Waals surface area contributed by atoms with Gasteiger partial charge in [0.2, 0.25) is 10.0 Å². The molecule has 1 aromatic rings. The molecule has 0 aliphatic heterocycles. The Labute approximate surface area is 156 Å². The van der Waals surface area contributed by atoms with Crippen LogP contribution in [0.4, 0.5) is 0 Å². The van der Waals surface area contributed by atoms with Gasteiger partial charge in [0.25, 0.3) is 5.91 Å². The van der Waals surface area contributed by atoms with Crippen molar-refractivity contribution in [3.05, 3.63) is 29.8 Å². The van der Waals surface area contributed by atoms with Crippen LogP contribution in [0.5, 0.6) is 0 Å². The fraction of sp³-hybridized carbons (Fsp3) is 0.650. The average Bonchev–Trinajstić information content (AvgIpc) is 3.33. The smallest absolute Gasteiger partial charge is 0.251 e. The van der Waals surface area contributed by atoms with Gasteiger partial charge >= 0.3 is 0 Å². The SMILES string of the molecule is CC1(C)C2CCC1(C)C(NC(=O)c1cccc(S(=O)(=O)NC3CC3)c1)C2. The van der Waals surface area contributed by atoms with E-state index in [-0.39, 0.29) is 33.7 Å². The van der Waals surface area contributed by atoms with Crippen molar-refractivity contribution in [1.82, 2.24) is 10.0 Å². The minimum absolute atomic E-state index is 0.0497. The van der Waals surface area contributed by atoms with E-state index in [1.54, 1.807) is 18.2 Å². The second kappa shape index (κ2) is 5.80.